The Morgan fingerprint density at radius 1 is 1.00 bits per heavy atom. The van der Waals surface area contributed by atoms with Gasteiger partial charge in [0.25, 0.3) is 11.8 Å². The fourth-order valence-electron chi connectivity index (χ4n) is 2.99. The number of hydrogen-bond acceptors (Lipinski definition) is 5. The molecule has 0 radical (unpaired) electrons. The molecule has 2 aromatic carbocycles. The lowest BCUT2D eigenvalue weighted by Gasteiger charge is -2.14. The van der Waals surface area contributed by atoms with E-state index in [1.165, 1.54) is 0 Å². The molecular formula is C21H20N6O2. The van der Waals surface area contributed by atoms with E-state index in [0.717, 1.165) is 29.9 Å². The third kappa shape index (κ3) is 4.16. The summed E-state index contributed by atoms with van der Waals surface area (Å²) < 4.78 is 0. The highest BCUT2D eigenvalue weighted by atomic mass is 16.2. The predicted molar refractivity (Wildman–Crippen MR) is 110 cm³/mol. The molecule has 0 fully saturated rings. The van der Waals surface area contributed by atoms with E-state index in [4.69, 9.17) is 0 Å². The minimum absolute atomic E-state index is 0.252. The van der Waals surface area contributed by atoms with Gasteiger partial charge in [0, 0.05) is 29.8 Å². The first-order chi connectivity index (χ1) is 14.1. The Balaban J connectivity index is 1.35. The quantitative estimate of drug-likeness (QED) is 0.598. The molecule has 8 heteroatoms. The van der Waals surface area contributed by atoms with Crippen LogP contribution >= 0.6 is 0 Å². The van der Waals surface area contributed by atoms with Crippen molar-refractivity contribution < 1.29 is 9.59 Å². The summed E-state index contributed by atoms with van der Waals surface area (Å²) in [7, 11) is 0. The van der Waals surface area contributed by atoms with Gasteiger partial charge in [0.05, 0.1) is 11.4 Å². The number of amides is 2. The third-order valence-corrected chi connectivity index (χ3v) is 4.59. The number of aromatic nitrogens is 2. The number of aromatic amines is 1. The van der Waals surface area contributed by atoms with E-state index in [9.17, 15) is 9.59 Å². The average molecular weight is 388 g/mol. The molecule has 146 valence electrons. The summed E-state index contributed by atoms with van der Waals surface area (Å²) in [5.74, 6) is -0.889. The van der Waals surface area contributed by atoms with Gasteiger partial charge in [-0.1, -0.05) is 30.3 Å². The first-order valence-electron chi connectivity index (χ1n) is 9.23. The molecule has 3 aromatic rings. The molecule has 8 nitrogen and oxygen atoms in total. The Kier molecular flexibility index (Phi) is 5.07. The van der Waals surface area contributed by atoms with Gasteiger partial charge in [-0.15, -0.1) is 0 Å². The second kappa shape index (κ2) is 7.97. The van der Waals surface area contributed by atoms with Crippen LogP contribution in [-0.4, -0.2) is 34.3 Å². The number of hydrazone groups is 1. The molecule has 2 amide bonds. The monoisotopic (exact) mass is 388 g/mol. The van der Waals surface area contributed by atoms with Gasteiger partial charge in [0.1, 0.15) is 5.69 Å². The first-order valence-corrected chi connectivity index (χ1v) is 9.23. The number of nitrogens with one attached hydrogen (secondary N) is 3. The average Bonchev–Trinajstić information content (AvgIpc) is 3.42. The molecule has 0 bridgehead atoms. The van der Waals surface area contributed by atoms with E-state index < -0.39 is 11.8 Å². The minimum atomic E-state index is -0.480. The lowest BCUT2D eigenvalue weighted by molar-refractivity contribution is 0.0844. The molecule has 0 unspecified atom stereocenters. The van der Waals surface area contributed by atoms with Gasteiger partial charge < -0.3 is 0 Å². The van der Waals surface area contributed by atoms with Gasteiger partial charge in [-0.25, -0.2) is 0 Å². The second-order valence-corrected chi connectivity index (χ2v) is 6.70. The molecule has 0 spiro atoms. The number of nitrogens with zero attached hydrogens (tertiary/aromatic N) is 3. The van der Waals surface area contributed by atoms with E-state index in [1.807, 2.05) is 54.4 Å². The van der Waals surface area contributed by atoms with Crippen LogP contribution in [0.15, 0.2) is 65.8 Å². The molecule has 1 aromatic heterocycles. The second-order valence-electron chi connectivity index (χ2n) is 6.70. The summed E-state index contributed by atoms with van der Waals surface area (Å²) in [4.78, 5) is 24.6. The van der Waals surface area contributed by atoms with Crippen molar-refractivity contribution in [3.8, 4) is 11.3 Å². The van der Waals surface area contributed by atoms with Crippen LogP contribution in [-0.2, 0) is 0 Å². The van der Waals surface area contributed by atoms with Crippen LogP contribution in [0.4, 0.5) is 5.69 Å². The van der Waals surface area contributed by atoms with Crippen LogP contribution in [0.3, 0.4) is 0 Å². The van der Waals surface area contributed by atoms with Crippen molar-refractivity contribution in [2.24, 2.45) is 5.10 Å². The van der Waals surface area contributed by atoms with E-state index in [1.54, 1.807) is 18.2 Å². The van der Waals surface area contributed by atoms with Crippen molar-refractivity contribution in [1.29, 1.82) is 0 Å². The third-order valence-electron chi connectivity index (χ3n) is 4.59. The lowest BCUT2D eigenvalue weighted by atomic mass is 10.1. The van der Waals surface area contributed by atoms with Crippen molar-refractivity contribution >= 4 is 23.2 Å². The molecule has 2 heterocycles. The Hall–Kier alpha value is -3.94. The largest absolute Gasteiger partial charge is 0.287 e. The number of hydrogen-bond donors (Lipinski definition) is 3. The highest BCUT2D eigenvalue weighted by Gasteiger charge is 2.15. The minimum Gasteiger partial charge on any atom is -0.272 e. The predicted octanol–water partition coefficient (Wildman–Crippen LogP) is 2.74. The fourth-order valence-corrected chi connectivity index (χ4v) is 2.99. The number of benzene rings is 2. The molecule has 0 atom stereocenters. The normalized spacial score (nSPS) is 13.1. The van der Waals surface area contributed by atoms with Crippen LogP contribution in [0.5, 0.6) is 0 Å². The van der Waals surface area contributed by atoms with Crippen LogP contribution in [0.1, 0.15) is 34.2 Å². The molecule has 1 aliphatic heterocycles. The van der Waals surface area contributed by atoms with E-state index in [0.29, 0.717) is 11.3 Å². The Bertz CT molecular complexity index is 1060. The van der Waals surface area contributed by atoms with Crippen molar-refractivity contribution in [1.82, 2.24) is 21.0 Å². The van der Waals surface area contributed by atoms with E-state index in [2.05, 4.69) is 26.2 Å². The number of anilines is 1. The molecule has 0 aliphatic carbocycles. The first kappa shape index (κ1) is 18.4. The smallest absolute Gasteiger partial charge is 0.272 e. The fraction of sp³-hybridized carbons (Fsp3) is 0.143. The highest BCUT2D eigenvalue weighted by molar-refractivity contribution is 5.98. The molecule has 1 aliphatic rings. The number of carbonyl (C=O) groups is 2. The molecule has 3 N–H and O–H groups in total. The molecule has 4 rings (SSSR count). The number of carbonyl (C=O) groups excluding carboxylic acids is 2. The lowest BCUT2D eigenvalue weighted by Crippen LogP contribution is -2.41. The van der Waals surface area contributed by atoms with E-state index >= 15 is 0 Å². The van der Waals surface area contributed by atoms with E-state index in [-0.39, 0.29) is 5.69 Å². The number of rotatable bonds is 4. The van der Waals surface area contributed by atoms with Crippen molar-refractivity contribution in [2.75, 3.05) is 11.6 Å². The van der Waals surface area contributed by atoms with Crippen molar-refractivity contribution in [2.45, 2.75) is 13.3 Å². The maximum Gasteiger partial charge on any atom is 0.287 e. The molecule has 29 heavy (non-hydrogen) atoms. The number of H-pyrrole nitrogens is 1. The summed E-state index contributed by atoms with van der Waals surface area (Å²) in [5.41, 5.74) is 9.05. The Morgan fingerprint density at radius 3 is 2.41 bits per heavy atom. The SMILES string of the molecule is CC1=NN(c2ccc(C(=O)NNC(=O)c3cc(-c4ccccc4)n[nH]3)cc2)CC1. The molecule has 0 saturated heterocycles. The van der Waals surface area contributed by atoms with Crippen LogP contribution in [0, 0.1) is 0 Å². The molecule has 0 saturated carbocycles. The van der Waals surface area contributed by atoms with Crippen LogP contribution < -0.4 is 15.9 Å². The maximum absolute atomic E-state index is 12.3. The Labute approximate surface area is 167 Å². The zero-order valence-corrected chi connectivity index (χ0v) is 15.8. The summed E-state index contributed by atoms with van der Waals surface area (Å²) in [6.07, 6.45) is 0.938. The van der Waals surface area contributed by atoms with Crippen molar-refractivity contribution in [3.63, 3.8) is 0 Å². The van der Waals surface area contributed by atoms with Crippen LogP contribution in [0.2, 0.25) is 0 Å². The maximum atomic E-state index is 12.3. The van der Waals surface area contributed by atoms with Gasteiger partial charge in [-0.05, 0) is 37.3 Å². The van der Waals surface area contributed by atoms with Crippen molar-refractivity contribution in [3.05, 3.63) is 71.9 Å². The summed E-state index contributed by atoms with van der Waals surface area (Å²) >= 11 is 0. The number of hydrazine groups is 1. The topological polar surface area (TPSA) is 102 Å². The van der Waals surface area contributed by atoms with Gasteiger partial charge in [-0.2, -0.15) is 10.2 Å². The summed E-state index contributed by atoms with van der Waals surface area (Å²) in [6, 6.07) is 18.2. The zero-order valence-electron chi connectivity index (χ0n) is 15.8. The summed E-state index contributed by atoms with van der Waals surface area (Å²) in [6.45, 7) is 2.83. The highest BCUT2D eigenvalue weighted by Crippen LogP contribution is 2.20. The van der Waals surface area contributed by atoms with Gasteiger partial charge >= 0.3 is 0 Å². The van der Waals surface area contributed by atoms with Gasteiger partial charge in [-0.3, -0.25) is 30.5 Å². The standard InChI is InChI=1S/C21H20N6O2/c1-14-11-12-27(26-14)17-9-7-16(8-10-17)20(28)24-25-21(29)19-13-18(22-23-19)15-5-3-2-4-6-15/h2-10,13H,11-12H2,1H3,(H,22,23)(H,24,28)(H,25,29). The van der Waals surface area contributed by atoms with Gasteiger partial charge in [0.15, 0.2) is 0 Å². The van der Waals surface area contributed by atoms with Crippen LogP contribution in [0.25, 0.3) is 11.3 Å². The summed E-state index contributed by atoms with van der Waals surface area (Å²) in [5, 5.41) is 13.1. The molecular weight excluding hydrogens is 368 g/mol. The Morgan fingerprint density at radius 2 is 1.72 bits per heavy atom. The van der Waals surface area contributed by atoms with Gasteiger partial charge in [0.2, 0.25) is 0 Å². The zero-order chi connectivity index (χ0) is 20.2.